The zero-order chi connectivity index (χ0) is 13.4. The fourth-order valence-electron chi connectivity index (χ4n) is 3.88. The number of hydrogen-bond acceptors (Lipinski definition) is 4. The molecule has 104 valence electrons. The molecule has 2 atom stereocenters. The van der Waals surface area contributed by atoms with E-state index in [2.05, 4.69) is 28.7 Å². The SMILES string of the molecule is CCCN1CCCC2Cc3nc(N)nc(C)c3CC21. The van der Waals surface area contributed by atoms with Gasteiger partial charge in [0.2, 0.25) is 5.95 Å². The second-order valence-corrected chi connectivity index (χ2v) is 6.01. The summed E-state index contributed by atoms with van der Waals surface area (Å²) >= 11 is 0. The van der Waals surface area contributed by atoms with Gasteiger partial charge in [0.1, 0.15) is 0 Å². The third-order valence-electron chi connectivity index (χ3n) is 4.73. The molecule has 2 aliphatic rings. The van der Waals surface area contributed by atoms with Gasteiger partial charge in [0.25, 0.3) is 0 Å². The van der Waals surface area contributed by atoms with Gasteiger partial charge in [0.05, 0.1) is 0 Å². The van der Waals surface area contributed by atoms with Crippen LogP contribution in [0.3, 0.4) is 0 Å². The molecule has 1 aliphatic carbocycles. The summed E-state index contributed by atoms with van der Waals surface area (Å²) in [7, 11) is 0. The van der Waals surface area contributed by atoms with Crippen LogP contribution in [0.25, 0.3) is 0 Å². The quantitative estimate of drug-likeness (QED) is 0.883. The molecule has 1 aliphatic heterocycles. The lowest BCUT2D eigenvalue weighted by atomic mass is 9.76. The summed E-state index contributed by atoms with van der Waals surface area (Å²) < 4.78 is 0. The van der Waals surface area contributed by atoms with Crippen molar-refractivity contribution in [2.24, 2.45) is 5.92 Å². The Morgan fingerprint density at radius 1 is 1.32 bits per heavy atom. The maximum Gasteiger partial charge on any atom is 0.220 e. The van der Waals surface area contributed by atoms with E-state index < -0.39 is 0 Å². The summed E-state index contributed by atoms with van der Waals surface area (Å²) in [6, 6.07) is 0.701. The Kier molecular flexibility index (Phi) is 3.44. The van der Waals surface area contributed by atoms with Gasteiger partial charge in [-0.3, -0.25) is 4.90 Å². The molecule has 4 heteroatoms. The third kappa shape index (κ3) is 2.34. The van der Waals surface area contributed by atoms with Crippen LogP contribution in [0.4, 0.5) is 5.95 Å². The normalized spacial score (nSPS) is 26.8. The summed E-state index contributed by atoms with van der Waals surface area (Å²) in [6.45, 7) is 6.84. The van der Waals surface area contributed by atoms with E-state index in [0.717, 1.165) is 24.5 Å². The Labute approximate surface area is 115 Å². The molecule has 0 aromatic carbocycles. The fraction of sp³-hybridized carbons (Fsp3) is 0.733. The summed E-state index contributed by atoms with van der Waals surface area (Å²) in [5.74, 6) is 1.21. The molecular weight excluding hydrogens is 236 g/mol. The standard InChI is InChI=1S/C15H24N4/c1-3-6-19-7-4-5-11-8-13-12(9-14(11)19)10(2)17-15(16)18-13/h11,14H,3-9H2,1-2H3,(H2,16,17,18). The highest BCUT2D eigenvalue weighted by atomic mass is 15.2. The molecule has 1 fully saturated rings. The average molecular weight is 260 g/mol. The lowest BCUT2D eigenvalue weighted by Gasteiger charge is -2.44. The van der Waals surface area contributed by atoms with Crippen molar-refractivity contribution in [1.29, 1.82) is 0 Å². The first-order chi connectivity index (χ1) is 9.19. The number of nitrogens with two attached hydrogens (primary N) is 1. The minimum absolute atomic E-state index is 0.441. The van der Waals surface area contributed by atoms with Crippen LogP contribution in [-0.4, -0.2) is 34.0 Å². The third-order valence-corrected chi connectivity index (χ3v) is 4.73. The van der Waals surface area contributed by atoms with Crippen LogP contribution < -0.4 is 5.73 Å². The van der Waals surface area contributed by atoms with Gasteiger partial charge in [-0.25, -0.2) is 9.97 Å². The van der Waals surface area contributed by atoms with E-state index in [1.807, 2.05) is 0 Å². The number of aryl methyl sites for hydroxylation is 1. The highest BCUT2D eigenvalue weighted by molar-refractivity contribution is 5.34. The van der Waals surface area contributed by atoms with Crippen LogP contribution in [0.2, 0.25) is 0 Å². The Morgan fingerprint density at radius 3 is 2.95 bits per heavy atom. The van der Waals surface area contributed by atoms with E-state index in [4.69, 9.17) is 5.73 Å². The second-order valence-electron chi connectivity index (χ2n) is 6.01. The van der Waals surface area contributed by atoms with Crippen molar-refractivity contribution in [2.75, 3.05) is 18.8 Å². The molecule has 2 heterocycles. The van der Waals surface area contributed by atoms with E-state index in [0.29, 0.717) is 12.0 Å². The minimum Gasteiger partial charge on any atom is -0.368 e. The molecule has 3 rings (SSSR count). The number of nitrogens with zero attached hydrogens (tertiary/aromatic N) is 3. The summed E-state index contributed by atoms with van der Waals surface area (Å²) in [5.41, 5.74) is 9.45. The Bertz CT molecular complexity index is 469. The fourth-order valence-corrected chi connectivity index (χ4v) is 3.88. The van der Waals surface area contributed by atoms with E-state index in [1.165, 1.54) is 43.6 Å². The molecule has 0 saturated carbocycles. The topological polar surface area (TPSA) is 55.0 Å². The smallest absolute Gasteiger partial charge is 0.220 e. The van der Waals surface area contributed by atoms with Crippen molar-refractivity contribution in [3.05, 3.63) is 17.0 Å². The van der Waals surface area contributed by atoms with Crippen LogP contribution in [0.1, 0.15) is 43.1 Å². The molecular formula is C15H24N4. The molecule has 0 amide bonds. The van der Waals surface area contributed by atoms with Gasteiger partial charge < -0.3 is 5.73 Å². The molecule has 4 nitrogen and oxygen atoms in total. The van der Waals surface area contributed by atoms with Crippen molar-refractivity contribution < 1.29 is 0 Å². The minimum atomic E-state index is 0.441. The largest absolute Gasteiger partial charge is 0.368 e. The van der Waals surface area contributed by atoms with Crippen LogP contribution >= 0.6 is 0 Å². The summed E-state index contributed by atoms with van der Waals surface area (Å²) in [6.07, 6.45) is 6.12. The zero-order valence-electron chi connectivity index (χ0n) is 12.0. The molecule has 2 N–H and O–H groups in total. The number of likely N-dealkylation sites (tertiary alicyclic amines) is 1. The molecule has 2 unspecified atom stereocenters. The Morgan fingerprint density at radius 2 is 2.16 bits per heavy atom. The predicted molar refractivity (Wildman–Crippen MR) is 77.0 cm³/mol. The number of anilines is 1. The average Bonchev–Trinajstić information content (AvgIpc) is 2.37. The summed E-state index contributed by atoms with van der Waals surface area (Å²) in [4.78, 5) is 11.5. The van der Waals surface area contributed by atoms with Gasteiger partial charge >= 0.3 is 0 Å². The van der Waals surface area contributed by atoms with Crippen LogP contribution in [0, 0.1) is 12.8 Å². The molecule has 0 radical (unpaired) electrons. The lowest BCUT2D eigenvalue weighted by Crippen LogP contribution is -2.49. The monoisotopic (exact) mass is 260 g/mol. The van der Waals surface area contributed by atoms with Crippen LogP contribution in [0.15, 0.2) is 0 Å². The number of aromatic nitrogens is 2. The second kappa shape index (κ2) is 5.08. The number of nitrogen functional groups attached to an aromatic ring is 1. The van der Waals surface area contributed by atoms with Crippen molar-refractivity contribution in [2.45, 2.75) is 52.0 Å². The zero-order valence-corrected chi connectivity index (χ0v) is 12.0. The van der Waals surface area contributed by atoms with Gasteiger partial charge in [-0.05, 0) is 63.6 Å². The highest BCUT2D eigenvalue weighted by Gasteiger charge is 2.36. The van der Waals surface area contributed by atoms with Crippen molar-refractivity contribution in [3.8, 4) is 0 Å². The number of rotatable bonds is 2. The molecule has 19 heavy (non-hydrogen) atoms. The van der Waals surface area contributed by atoms with Gasteiger partial charge in [-0.15, -0.1) is 0 Å². The molecule has 1 saturated heterocycles. The maximum atomic E-state index is 5.79. The number of hydrogen-bond donors (Lipinski definition) is 1. The first kappa shape index (κ1) is 12.9. The van der Waals surface area contributed by atoms with Crippen LogP contribution in [0.5, 0.6) is 0 Å². The highest BCUT2D eigenvalue weighted by Crippen LogP contribution is 2.35. The van der Waals surface area contributed by atoms with Crippen molar-refractivity contribution in [1.82, 2.24) is 14.9 Å². The van der Waals surface area contributed by atoms with E-state index in [9.17, 15) is 0 Å². The van der Waals surface area contributed by atoms with E-state index in [1.54, 1.807) is 0 Å². The van der Waals surface area contributed by atoms with Gasteiger partial charge in [0, 0.05) is 17.4 Å². The lowest BCUT2D eigenvalue weighted by molar-refractivity contribution is 0.0843. The number of piperidine rings is 1. The maximum absolute atomic E-state index is 5.79. The van der Waals surface area contributed by atoms with Gasteiger partial charge in [-0.1, -0.05) is 6.92 Å². The first-order valence-electron chi connectivity index (χ1n) is 7.55. The van der Waals surface area contributed by atoms with Gasteiger partial charge in [-0.2, -0.15) is 0 Å². The Hall–Kier alpha value is -1.16. The van der Waals surface area contributed by atoms with Crippen molar-refractivity contribution in [3.63, 3.8) is 0 Å². The molecule has 1 aromatic heterocycles. The number of fused-ring (bicyclic) bond motifs is 2. The predicted octanol–water partition coefficient (Wildman–Crippen LogP) is 1.96. The molecule has 1 aromatic rings. The van der Waals surface area contributed by atoms with Gasteiger partial charge in [0.15, 0.2) is 0 Å². The molecule has 0 spiro atoms. The first-order valence-corrected chi connectivity index (χ1v) is 7.55. The van der Waals surface area contributed by atoms with E-state index >= 15 is 0 Å². The van der Waals surface area contributed by atoms with Crippen LogP contribution in [-0.2, 0) is 12.8 Å². The Balaban J connectivity index is 1.91. The van der Waals surface area contributed by atoms with E-state index in [-0.39, 0.29) is 0 Å². The molecule has 0 bridgehead atoms. The summed E-state index contributed by atoms with van der Waals surface area (Å²) in [5, 5.41) is 0. The van der Waals surface area contributed by atoms with Crippen molar-refractivity contribution >= 4 is 5.95 Å².